The van der Waals surface area contributed by atoms with E-state index in [1.807, 2.05) is 22.7 Å². The number of benzene rings is 1. The van der Waals surface area contributed by atoms with Crippen LogP contribution in [0.5, 0.6) is 0 Å². The van der Waals surface area contributed by atoms with Crippen molar-refractivity contribution in [1.29, 1.82) is 0 Å². The maximum Gasteiger partial charge on any atom is 0.0520 e. The van der Waals surface area contributed by atoms with Crippen molar-refractivity contribution in [3.8, 4) is 20.9 Å². The van der Waals surface area contributed by atoms with E-state index in [0.717, 1.165) is 0 Å². The predicted octanol–water partition coefficient (Wildman–Crippen LogP) is 8.22. The molecule has 0 radical (unpaired) electrons. The van der Waals surface area contributed by atoms with Gasteiger partial charge in [0.1, 0.15) is 0 Å². The van der Waals surface area contributed by atoms with Crippen LogP contribution in [-0.4, -0.2) is 0 Å². The molecule has 3 aromatic rings. The Morgan fingerprint density at radius 1 is 0.875 bits per heavy atom. The molecule has 24 heavy (non-hydrogen) atoms. The molecule has 0 saturated heterocycles. The van der Waals surface area contributed by atoms with Gasteiger partial charge in [0.15, 0.2) is 0 Å². The first-order valence-corrected chi connectivity index (χ1v) is 10.8. The topological polar surface area (TPSA) is 0 Å². The minimum Gasteiger partial charge on any atom is -0.143 e. The van der Waals surface area contributed by atoms with Crippen LogP contribution in [0, 0.1) is 0 Å². The molecule has 2 aromatic heterocycles. The third kappa shape index (κ3) is 3.99. The van der Waals surface area contributed by atoms with Gasteiger partial charge in [-0.05, 0) is 52.8 Å². The smallest absolute Gasteiger partial charge is 0.0520 e. The fourth-order valence-corrected chi connectivity index (χ4v) is 5.18. The molecule has 0 spiro atoms. The lowest BCUT2D eigenvalue weighted by Gasteiger charge is -2.17. The molecule has 2 heteroatoms. The molecule has 0 N–H and O–H groups in total. The van der Waals surface area contributed by atoms with Crippen molar-refractivity contribution in [1.82, 2.24) is 0 Å². The van der Waals surface area contributed by atoms with Gasteiger partial charge in [0.25, 0.3) is 0 Å². The first-order chi connectivity index (χ1) is 11.8. The van der Waals surface area contributed by atoms with Gasteiger partial charge in [0, 0.05) is 10.4 Å². The summed E-state index contributed by atoms with van der Waals surface area (Å²) in [5.74, 6) is 0.707. The van der Waals surface area contributed by atoms with Gasteiger partial charge in [-0.1, -0.05) is 63.4 Å². The predicted molar refractivity (Wildman–Crippen MR) is 110 cm³/mol. The Balaban J connectivity index is 1.92. The third-order valence-corrected chi connectivity index (χ3v) is 6.59. The van der Waals surface area contributed by atoms with Crippen LogP contribution in [0.25, 0.3) is 20.9 Å². The number of thiophene rings is 2. The maximum absolute atomic E-state index is 2.44. The van der Waals surface area contributed by atoms with E-state index in [4.69, 9.17) is 0 Å². The van der Waals surface area contributed by atoms with Crippen LogP contribution >= 0.6 is 22.7 Å². The first-order valence-electron chi connectivity index (χ1n) is 9.05. The first kappa shape index (κ1) is 17.4. The highest BCUT2D eigenvalue weighted by molar-refractivity contribution is 7.20. The molecule has 0 amide bonds. The molecule has 2 heterocycles. The summed E-state index contributed by atoms with van der Waals surface area (Å²) in [4.78, 5) is 2.78. The van der Waals surface area contributed by atoms with Crippen molar-refractivity contribution >= 4 is 22.7 Å². The van der Waals surface area contributed by atoms with Crippen molar-refractivity contribution in [3.05, 3.63) is 58.8 Å². The fraction of sp³-hybridized carbons (Fsp3) is 0.364. The molecule has 1 unspecified atom stereocenters. The second-order valence-corrected chi connectivity index (χ2v) is 8.26. The summed E-state index contributed by atoms with van der Waals surface area (Å²) < 4.78 is 0. The highest BCUT2D eigenvalue weighted by Crippen LogP contribution is 2.40. The van der Waals surface area contributed by atoms with Gasteiger partial charge in [-0.15, -0.1) is 22.7 Å². The zero-order valence-corrected chi connectivity index (χ0v) is 16.3. The van der Waals surface area contributed by atoms with Crippen LogP contribution in [0.1, 0.15) is 57.4 Å². The van der Waals surface area contributed by atoms with Gasteiger partial charge in [0.2, 0.25) is 0 Å². The fourth-order valence-electron chi connectivity index (χ4n) is 3.37. The molecular weight excluding hydrogens is 328 g/mol. The van der Waals surface area contributed by atoms with Crippen molar-refractivity contribution in [3.63, 3.8) is 0 Å². The number of hydrogen-bond donors (Lipinski definition) is 0. The zero-order chi connectivity index (χ0) is 16.8. The second-order valence-electron chi connectivity index (χ2n) is 6.39. The summed E-state index contributed by atoms with van der Waals surface area (Å²) in [5, 5.41) is 4.38. The van der Waals surface area contributed by atoms with Crippen molar-refractivity contribution in [2.24, 2.45) is 0 Å². The zero-order valence-electron chi connectivity index (χ0n) is 14.6. The molecule has 1 aromatic carbocycles. The van der Waals surface area contributed by atoms with E-state index < -0.39 is 0 Å². The molecule has 126 valence electrons. The number of unbranched alkanes of at least 4 members (excludes halogenated alkanes) is 1. The largest absolute Gasteiger partial charge is 0.143 e. The highest BCUT2D eigenvalue weighted by Gasteiger charge is 2.14. The Morgan fingerprint density at radius 2 is 1.79 bits per heavy atom. The van der Waals surface area contributed by atoms with Gasteiger partial charge < -0.3 is 0 Å². The molecule has 1 atom stereocenters. The molecule has 0 saturated carbocycles. The molecular formula is C22H26S2. The Labute approximate surface area is 154 Å². The number of rotatable bonds is 8. The minimum absolute atomic E-state index is 0.707. The van der Waals surface area contributed by atoms with E-state index in [-0.39, 0.29) is 0 Å². The maximum atomic E-state index is 2.44. The van der Waals surface area contributed by atoms with Crippen LogP contribution in [0.2, 0.25) is 0 Å². The summed E-state index contributed by atoms with van der Waals surface area (Å²) in [6.45, 7) is 4.59. The Kier molecular flexibility index (Phi) is 6.28. The second kappa shape index (κ2) is 8.64. The Morgan fingerprint density at radius 3 is 2.54 bits per heavy atom. The lowest BCUT2D eigenvalue weighted by molar-refractivity contribution is 0.541. The molecule has 3 rings (SSSR count). The molecule has 0 bridgehead atoms. The average Bonchev–Trinajstić information content (AvgIpc) is 3.29. The highest BCUT2D eigenvalue weighted by atomic mass is 32.1. The van der Waals surface area contributed by atoms with Crippen LogP contribution in [0.3, 0.4) is 0 Å². The van der Waals surface area contributed by atoms with E-state index in [0.29, 0.717) is 5.92 Å². The Bertz CT molecular complexity index is 737. The van der Waals surface area contributed by atoms with Crippen LogP contribution < -0.4 is 0 Å². The summed E-state index contributed by atoms with van der Waals surface area (Å²) in [6, 6.07) is 15.9. The van der Waals surface area contributed by atoms with Gasteiger partial charge in [0.05, 0.1) is 4.88 Å². The minimum atomic E-state index is 0.707. The molecule has 0 fully saturated rings. The summed E-state index contributed by atoms with van der Waals surface area (Å²) in [7, 11) is 0. The third-order valence-electron chi connectivity index (χ3n) is 4.62. The molecule has 0 aliphatic carbocycles. The van der Waals surface area contributed by atoms with Crippen LogP contribution in [0.4, 0.5) is 0 Å². The van der Waals surface area contributed by atoms with E-state index in [1.54, 1.807) is 0 Å². The van der Waals surface area contributed by atoms with Crippen molar-refractivity contribution in [2.45, 2.75) is 51.9 Å². The van der Waals surface area contributed by atoms with Gasteiger partial charge >= 0.3 is 0 Å². The standard InChI is InChI=1S/C22H26S2/c1-3-5-9-17(8-4-2)18-10-6-11-19(16-18)20-13-15-24-22(20)21-12-7-14-23-21/h6-7,10-17H,3-5,8-9H2,1-2H3. The van der Waals surface area contributed by atoms with Gasteiger partial charge in [-0.3, -0.25) is 0 Å². The van der Waals surface area contributed by atoms with E-state index in [1.165, 1.54) is 58.5 Å². The number of hydrogen-bond acceptors (Lipinski definition) is 2. The summed E-state index contributed by atoms with van der Waals surface area (Å²) in [5.41, 5.74) is 4.27. The lowest BCUT2D eigenvalue weighted by Crippen LogP contribution is -1.99. The summed E-state index contributed by atoms with van der Waals surface area (Å²) >= 11 is 3.68. The normalized spacial score (nSPS) is 12.4. The van der Waals surface area contributed by atoms with E-state index in [2.05, 4.69) is 67.1 Å². The van der Waals surface area contributed by atoms with Crippen LogP contribution in [0.15, 0.2) is 53.2 Å². The van der Waals surface area contributed by atoms with Crippen molar-refractivity contribution in [2.75, 3.05) is 0 Å². The monoisotopic (exact) mass is 354 g/mol. The average molecular weight is 355 g/mol. The Hall–Kier alpha value is -1.38. The molecule has 0 aliphatic rings. The lowest BCUT2D eigenvalue weighted by atomic mass is 9.88. The summed E-state index contributed by atoms with van der Waals surface area (Å²) in [6.07, 6.45) is 6.48. The quantitative estimate of drug-likeness (QED) is 0.382. The van der Waals surface area contributed by atoms with Gasteiger partial charge in [-0.25, -0.2) is 0 Å². The molecule has 0 nitrogen and oxygen atoms in total. The van der Waals surface area contributed by atoms with Crippen LogP contribution in [-0.2, 0) is 0 Å². The van der Waals surface area contributed by atoms with E-state index >= 15 is 0 Å². The van der Waals surface area contributed by atoms with E-state index in [9.17, 15) is 0 Å². The SMILES string of the molecule is CCCCC(CCC)c1cccc(-c2ccsc2-c2cccs2)c1. The van der Waals surface area contributed by atoms with Crippen molar-refractivity contribution < 1.29 is 0 Å². The van der Waals surface area contributed by atoms with Gasteiger partial charge in [-0.2, -0.15) is 0 Å². The molecule has 0 aliphatic heterocycles.